The second-order valence-corrected chi connectivity index (χ2v) is 8.66. The summed E-state index contributed by atoms with van der Waals surface area (Å²) in [6.45, 7) is 0. The van der Waals surface area contributed by atoms with Crippen molar-refractivity contribution in [1.29, 1.82) is 0 Å². The highest BCUT2D eigenvalue weighted by Gasteiger charge is 2.25. The van der Waals surface area contributed by atoms with Crippen LogP contribution < -0.4 is 5.32 Å². The molecule has 8 heteroatoms. The summed E-state index contributed by atoms with van der Waals surface area (Å²) >= 11 is 6.05. The summed E-state index contributed by atoms with van der Waals surface area (Å²) in [5, 5.41) is 2.93. The molecule has 2 aromatic rings. The third kappa shape index (κ3) is 4.01. The van der Waals surface area contributed by atoms with Crippen LogP contribution >= 0.6 is 11.6 Å². The Labute approximate surface area is 164 Å². The second kappa shape index (κ2) is 7.98. The maximum Gasteiger partial charge on any atom is 0.266 e. The molecule has 0 atom stereocenters. The van der Waals surface area contributed by atoms with Crippen LogP contribution in [0.1, 0.15) is 34.3 Å². The van der Waals surface area contributed by atoms with Gasteiger partial charge in [0, 0.05) is 18.3 Å². The fourth-order valence-electron chi connectivity index (χ4n) is 3.17. The molecule has 0 saturated heterocycles. The van der Waals surface area contributed by atoms with Crippen LogP contribution in [0.5, 0.6) is 0 Å². The molecule has 0 bridgehead atoms. The molecule has 0 radical (unpaired) electrons. The Morgan fingerprint density at radius 1 is 1.19 bits per heavy atom. The Balaban J connectivity index is 1.92. The highest BCUT2D eigenvalue weighted by molar-refractivity contribution is 7.89. The van der Waals surface area contributed by atoms with Gasteiger partial charge >= 0.3 is 0 Å². The summed E-state index contributed by atoms with van der Waals surface area (Å²) in [6.07, 6.45) is 4.17. The average Bonchev–Trinajstić information content (AvgIpc) is 2.67. The Morgan fingerprint density at radius 2 is 1.93 bits per heavy atom. The zero-order chi connectivity index (χ0) is 19.6. The number of hydrogen-bond acceptors (Lipinski definition) is 4. The highest BCUT2D eigenvalue weighted by atomic mass is 35.5. The van der Waals surface area contributed by atoms with Crippen molar-refractivity contribution >= 4 is 33.2 Å². The fourth-order valence-corrected chi connectivity index (χ4v) is 4.65. The van der Waals surface area contributed by atoms with Gasteiger partial charge in [0.1, 0.15) is 4.90 Å². The molecule has 2 aromatic carbocycles. The summed E-state index contributed by atoms with van der Waals surface area (Å²) in [5.74, 6) is -0.387. The first-order valence-corrected chi connectivity index (χ1v) is 10.4. The summed E-state index contributed by atoms with van der Waals surface area (Å²) < 4.78 is 25.7. The van der Waals surface area contributed by atoms with E-state index in [1.165, 1.54) is 37.9 Å². The van der Waals surface area contributed by atoms with Crippen LogP contribution in [0.25, 0.3) is 0 Å². The Morgan fingerprint density at radius 3 is 2.67 bits per heavy atom. The minimum atomic E-state index is -3.96. The van der Waals surface area contributed by atoms with Crippen LogP contribution in [0.3, 0.4) is 0 Å². The Kier molecular flexibility index (Phi) is 5.86. The first kappa shape index (κ1) is 19.8. The van der Waals surface area contributed by atoms with E-state index in [4.69, 9.17) is 16.4 Å². The van der Waals surface area contributed by atoms with Crippen LogP contribution in [0.4, 0.5) is 5.69 Å². The van der Waals surface area contributed by atoms with Gasteiger partial charge in [0.2, 0.25) is 0 Å². The molecular formula is C19H21ClN2O4S. The van der Waals surface area contributed by atoms with Gasteiger partial charge in [-0.05, 0) is 61.1 Å². The molecule has 6 nitrogen and oxygen atoms in total. The molecule has 3 rings (SSSR count). The maximum atomic E-state index is 12.7. The quantitative estimate of drug-likeness (QED) is 0.766. The van der Waals surface area contributed by atoms with Gasteiger partial charge < -0.3 is 5.32 Å². The minimum Gasteiger partial charge on any atom is -0.322 e. The van der Waals surface area contributed by atoms with E-state index >= 15 is 0 Å². The van der Waals surface area contributed by atoms with Gasteiger partial charge in [0.15, 0.2) is 0 Å². The number of aryl methyl sites for hydroxylation is 1. The van der Waals surface area contributed by atoms with Crippen molar-refractivity contribution in [3.63, 3.8) is 0 Å². The van der Waals surface area contributed by atoms with Crippen molar-refractivity contribution in [1.82, 2.24) is 4.47 Å². The zero-order valence-electron chi connectivity index (χ0n) is 15.2. The molecule has 0 spiro atoms. The standard InChI is InChI=1S/C19H21ClN2O4S/c1-22(26-2)27(24,25)18-12-14(10-11-16(18)20)19(23)21-17-9-5-7-13-6-3-4-8-15(13)17/h5,7,9-12H,3-4,6,8H2,1-2H3,(H,21,23). The van der Waals surface area contributed by atoms with Crippen molar-refractivity contribution < 1.29 is 18.0 Å². The molecule has 0 fully saturated rings. The van der Waals surface area contributed by atoms with E-state index in [9.17, 15) is 13.2 Å². The number of anilines is 1. The van der Waals surface area contributed by atoms with Gasteiger partial charge in [-0.2, -0.15) is 0 Å². The van der Waals surface area contributed by atoms with E-state index < -0.39 is 10.0 Å². The number of rotatable bonds is 5. The zero-order valence-corrected chi connectivity index (χ0v) is 16.7. The molecule has 27 heavy (non-hydrogen) atoms. The van der Waals surface area contributed by atoms with Crippen molar-refractivity contribution in [2.75, 3.05) is 19.5 Å². The fraction of sp³-hybridized carbons (Fsp3) is 0.316. The largest absolute Gasteiger partial charge is 0.322 e. The summed E-state index contributed by atoms with van der Waals surface area (Å²) in [4.78, 5) is 17.3. The van der Waals surface area contributed by atoms with Gasteiger partial charge in [-0.25, -0.2) is 8.42 Å². The second-order valence-electron chi connectivity index (χ2n) is 6.35. The number of nitrogens with one attached hydrogen (secondary N) is 1. The van der Waals surface area contributed by atoms with Crippen molar-refractivity contribution in [3.05, 3.63) is 58.1 Å². The van der Waals surface area contributed by atoms with E-state index in [0.717, 1.165) is 36.9 Å². The highest BCUT2D eigenvalue weighted by Crippen LogP contribution is 2.29. The normalized spacial score (nSPS) is 14.1. The molecule has 0 heterocycles. The van der Waals surface area contributed by atoms with Crippen LogP contribution in [0, 0.1) is 0 Å². The maximum absolute atomic E-state index is 12.7. The van der Waals surface area contributed by atoms with Gasteiger partial charge in [-0.15, -0.1) is 0 Å². The van der Waals surface area contributed by atoms with E-state index in [-0.39, 0.29) is 21.4 Å². The van der Waals surface area contributed by atoms with E-state index in [1.807, 2.05) is 12.1 Å². The van der Waals surface area contributed by atoms with Crippen LogP contribution in [0.15, 0.2) is 41.3 Å². The van der Waals surface area contributed by atoms with Crippen molar-refractivity contribution in [3.8, 4) is 0 Å². The smallest absolute Gasteiger partial charge is 0.266 e. The lowest BCUT2D eigenvalue weighted by Gasteiger charge is -2.20. The SMILES string of the molecule is CON(C)S(=O)(=O)c1cc(C(=O)Nc2cccc3c2CCCC3)ccc1Cl. The first-order valence-electron chi connectivity index (χ1n) is 8.59. The number of hydrogen-bond donors (Lipinski definition) is 1. The van der Waals surface area contributed by atoms with Crippen LogP contribution in [-0.2, 0) is 27.7 Å². The molecule has 0 saturated carbocycles. The predicted molar refractivity (Wildman–Crippen MR) is 104 cm³/mol. The number of carbonyl (C=O) groups excluding carboxylic acids is 1. The number of fused-ring (bicyclic) bond motifs is 1. The minimum absolute atomic E-state index is 0.0209. The van der Waals surface area contributed by atoms with Gasteiger partial charge in [0.05, 0.1) is 12.1 Å². The number of halogens is 1. The van der Waals surface area contributed by atoms with Gasteiger partial charge in [-0.1, -0.05) is 28.2 Å². The lowest BCUT2D eigenvalue weighted by atomic mass is 9.90. The number of carbonyl (C=O) groups is 1. The molecule has 0 aromatic heterocycles. The molecular weight excluding hydrogens is 388 g/mol. The molecule has 1 aliphatic carbocycles. The average molecular weight is 409 g/mol. The molecule has 0 unspecified atom stereocenters. The molecule has 0 aliphatic heterocycles. The molecule has 1 aliphatic rings. The lowest BCUT2D eigenvalue weighted by molar-refractivity contribution is -0.0258. The summed E-state index contributed by atoms with van der Waals surface area (Å²) in [6, 6.07) is 10.0. The number of nitrogens with zero attached hydrogens (tertiary/aromatic N) is 1. The van der Waals surface area contributed by atoms with Crippen molar-refractivity contribution in [2.45, 2.75) is 30.6 Å². The molecule has 1 amide bonds. The molecule has 144 valence electrons. The summed E-state index contributed by atoms with van der Waals surface area (Å²) in [7, 11) is -1.47. The lowest BCUT2D eigenvalue weighted by Crippen LogP contribution is -2.26. The predicted octanol–water partition coefficient (Wildman–Crippen LogP) is 3.65. The Bertz CT molecular complexity index is 976. The number of benzene rings is 2. The van der Waals surface area contributed by atoms with Gasteiger partial charge in [-0.3, -0.25) is 9.63 Å². The van der Waals surface area contributed by atoms with E-state index in [2.05, 4.69) is 11.4 Å². The number of hydroxylamine groups is 1. The van der Waals surface area contributed by atoms with Crippen molar-refractivity contribution in [2.24, 2.45) is 0 Å². The van der Waals surface area contributed by atoms with Gasteiger partial charge in [0.25, 0.3) is 15.9 Å². The van der Waals surface area contributed by atoms with Crippen LogP contribution in [-0.4, -0.2) is 33.0 Å². The molecule has 1 N–H and O–H groups in total. The van der Waals surface area contributed by atoms with E-state index in [0.29, 0.717) is 4.47 Å². The monoisotopic (exact) mass is 408 g/mol. The summed E-state index contributed by atoms with van der Waals surface area (Å²) in [5.41, 5.74) is 3.37. The Hall–Kier alpha value is -1.93. The topological polar surface area (TPSA) is 75.7 Å². The van der Waals surface area contributed by atoms with E-state index in [1.54, 1.807) is 0 Å². The third-order valence-corrected chi connectivity index (χ3v) is 6.87. The van der Waals surface area contributed by atoms with Crippen LogP contribution in [0.2, 0.25) is 5.02 Å². The first-order chi connectivity index (χ1) is 12.8. The number of amides is 1. The number of sulfonamides is 1. The third-order valence-electron chi connectivity index (χ3n) is 4.71.